The number of rotatable bonds is 2. The molecule has 1 heteroatoms. The molecule has 0 aromatic heterocycles. The van der Waals surface area contributed by atoms with Crippen LogP contribution in [-0.4, -0.2) is 20.4 Å². The molecule has 0 fully saturated rings. The highest BCUT2D eigenvalue weighted by Gasteiger charge is 2.01. The van der Waals surface area contributed by atoms with E-state index in [1.54, 1.807) is 3.69 Å². The fraction of sp³-hybridized carbons (Fsp3) is 0.333. The second-order valence-electron chi connectivity index (χ2n) is 3.08. The third kappa shape index (κ3) is 2.71. The van der Waals surface area contributed by atoms with E-state index in [1.807, 2.05) is 0 Å². The van der Waals surface area contributed by atoms with E-state index in [2.05, 4.69) is 44.2 Å². The summed E-state index contributed by atoms with van der Waals surface area (Å²) in [6.07, 6.45) is 0. The van der Waals surface area contributed by atoms with Crippen molar-refractivity contribution < 1.29 is 0 Å². The standard InChI is InChI=1S/C6H5.C3H7.Mg/c1-2-4-6-5-3-1;1-3-2;/h1-5H;3H,1-2H3;. The van der Waals surface area contributed by atoms with Crippen LogP contribution in [0, 0.1) is 0 Å². The summed E-state index contributed by atoms with van der Waals surface area (Å²) in [5, 5.41) is 0. The van der Waals surface area contributed by atoms with E-state index in [0.29, 0.717) is 0 Å². The predicted molar refractivity (Wildman–Crippen MR) is 46.9 cm³/mol. The number of benzene rings is 1. The molecule has 50 valence electrons. The Morgan fingerprint density at radius 3 is 2.20 bits per heavy atom. The fourth-order valence-corrected chi connectivity index (χ4v) is 2.57. The maximum atomic E-state index is 2.30. The van der Waals surface area contributed by atoms with Gasteiger partial charge in [-0.25, -0.2) is 0 Å². The molecule has 0 spiro atoms. The number of hydrogen-bond donors (Lipinski definition) is 0. The lowest BCUT2D eigenvalue weighted by atomic mass is 10.4. The molecule has 0 amide bonds. The molecule has 0 saturated carbocycles. The topological polar surface area (TPSA) is 0 Å². The van der Waals surface area contributed by atoms with Crippen LogP contribution in [0.5, 0.6) is 0 Å². The molecule has 0 aliphatic carbocycles. The first-order chi connectivity index (χ1) is 4.79. The van der Waals surface area contributed by atoms with Crippen molar-refractivity contribution in [1.29, 1.82) is 0 Å². The molecule has 0 nitrogen and oxygen atoms in total. The molecule has 0 aliphatic heterocycles. The van der Waals surface area contributed by atoms with Crippen molar-refractivity contribution in [3.63, 3.8) is 0 Å². The summed E-state index contributed by atoms with van der Waals surface area (Å²) in [6, 6.07) is 10.8. The summed E-state index contributed by atoms with van der Waals surface area (Å²) in [6.45, 7) is 4.61. The van der Waals surface area contributed by atoms with Gasteiger partial charge in [0.05, 0.1) is 0 Å². The monoisotopic (exact) mass is 144 g/mol. The maximum Gasteiger partial charge on any atom is 0.411 e. The molecule has 0 radical (unpaired) electrons. The highest BCUT2D eigenvalue weighted by atomic mass is 24.5. The molecule has 0 saturated heterocycles. The van der Waals surface area contributed by atoms with Gasteiger partial charge in [-0.2, -0.15) is 3.69 Å². The van der Waals surface area contributed by atoms with Crippen LogP contribution in [0.3, 0.4) is 0 Å². The predicted octanol–water partition coefficient (Wildman–Crippen LogP) is 1.84. The largest absolute Gasteiger partial charge is 0.411 e. The minimum atomic E-state index is 0.0234. The van der Waals surface area contributed by atoms with E-state index in [1.165, 1.54) is 0 Å². The van der Waals surface area contributed by atoms with Crippen LogP contribution in [0.4, 0.5) is 0 Å². The fourth-order valence-electron chi connectivity index (χ4n) is 1.09. The van der Waals surface area contributed by atoms with Gasteiger partial charge in [-0.05, 0) is 0 Å². The molecule has 0 unspecified atom stereocenters. The Hall–Kier alpha value is -0.0138. The van der Waals surface area contributed by atoms with Gasteiger partial charge in [-0.15, -0.1) is 4.05 Å². The van der Waals surface area contributed by atoms with Gasteiger partial charge in [0.25, 0.3) is 0 Å². The summed E-state index contributed by atoms with van der Waals surface area (Å²) in [7, 11) is 0. The van der Waals surface area contributed by atoms with Crippen LogP contribution in [0.2, 0.25) is 4.05 Å². The molecule has 0 aliphatic rings. The lowest BCUT2D eigenvalue weighted by Crippen LogP contribution is -2.15. The van der Waals surface area contributed by atoms with E-state index >= 15 is 0 Å². The van der Waals surface area contributed by atoms with Gasteiger partial charge in [0.15, 0.2) is 0 Å². The quantitative estimate of drug-likeness (QED) is 0.556. The molecular weight excluding hydrogens is 132 g/mol. The molecule has 0 heterocycles. The minimum absolute atomic E-state index is 0.0234. The molecule has 10 heavy (non-hydrogen) atoms. The first-order valence-electron chi connectivity index (χ1n) is 3.83. The van der Waals surface area contributed by atoms with Crippen molar-refractivity contribution >= 4 is 24.1 Å². The summed E-state index contributed by atoms with van der Waals surface area (Å²) >= 11 is 0.0234. The van der Waals surface area contributed by atoms with Gasteiger partial charge in [0.2, 0.25) is 0 Å². The van der Waals surface area contributed by atoms with E-state index < -0.39 is 0 Å². The molecule has 0 N–H and O–H groups in total. The summed E-state index contributed by atoms with van der Waals surface area (Å²) in [4.78, 5) is 0. The molecule has 0 atom stereocenters. The molecule has 1 rings (SSSR count). The van der Waals surface area contributed by atoms with Crippen LogP contribution in [0.15, 0.2) is 30.3 Å². The Kier molecular flexibility index (Phi) is 3.23. The van der Waals surface area contributed by atoms with Gasteiger partial charge in [-0.3, -0.25) is 0 Å². The molecular formula is C9H12Mg. The van der Waals surface area contributed by atoms with Gasteiger partial charge in [0.1, 0.15) is 0 Å². The van der Waals surface area contributed by atoms with E-state index in [0.717, 1.165) is 4.05 Å². The lowest BCUT2D eigenvalue weighted by Gasteiger charge is -1.99. The van der Waals surface area contributed by atoms with Crippen molar-refractivity contribution in [3.05, 3.63) is 30.3 Å². The Morgan fingerprint density at radius 1 is 1.10 bits per heavy atom. The smallest absolute Gasteiger partial charge is 0.174 e. The normalized spacial score (nSPS) is 9.50. The van der Waals surface area contributed by atoms with Crippen molar-refractivity contribution in [1.82, 2.24) is 0 Å². The minimum Gasteiger partial charge on any atom is -0.174 e. The summed E-state index contributed by atoms with van der Waals surface area (Å²) in [5.41, 5.74) is 0. The van der Waals surface area contributed by atoms with Crippen molar-refractivity contribution in [2.75, 3.05) is 0 Å². The van der Waals surface area contributed by atoms with Crippen molar-refractivity contribution in [2.45, 2.75) is 17.9 Å². The zero-order valence-corrected chi connectivity index (χ0v) is 8.09. The Labute approximate surface area is 72.4 Å². The first kappa shape index (κ1) is 8.09. The zero-order valence-electron chi connectivity index (χ0n) is 6.67. The van der Waals surface area contributed by atoms with E-state index in [-0.39, 0.29) is 20.4 Å². The van der Waals surface area contributed by atoms with Gasteiger partial charge in [0, 0.05) is 0 Å². The SMILES string of the molecule is C[CH](C)[Mg][c]1ccccc1. The summed E-state index contributed by atoms with van der Waals surface area (Å²) in [5.74, 6) is 0. The Morgan fingerprint density at radius 2 is 1.70 bits per heavy atom. The summed E-state index contributed by atoms with van der Waals surface area (Å²) < 4.78 is 2.49. The van der Waals surface area contributed by atoms with Crippen molar-refractivity contribution in [2.24, 2.45) is 0 Å². The number of hydrogen-bond acceptors (Lipinski definition) is 0. The van der Waals surface area contributed by atoms with Crippen LogP contribution in [-0.2, 0) is 0 Å². The van der Waals surface area contributed by atoms with Crippen LogP contribution in [0.25, 0.3) is 0 Å². The van der Waals surface area contributed by atoms with Crippen LogP contribution < -0.4 is 3.69 Å². The van der Waals surface area contributed by atoms with E-state index in [9.17, 15) is 0 Å². The van der Waals surface area contributed by atoms with Gasteiger partial charge >= 0.3 is 20.4 Å². The first-order valence-corrected chi connectivity index (χ1v) is 5.35. The highest BCUT2D eigenvalue weighted by Crippen LogP contribution is 1.96. The Bertz CT molecular complexity index is 179. The average Bonchev–Trinajstić information content (AvgIpc) is 1.88. The second kappa shape index (κ2) is 3.99. The third-order valence-corrected chi connectivity index (χ3v) is 3.25. The van der Waals surface area contributed by atoms with Gasteiger partial charge < -0.3 is 0 Å². The third-order valence-electron chi connectivity index (χ3n) is 1.49. The van der Waals surface area contributed by atoms with Crippen LogP contribution >= 0.6 is 0 Å². The Balaban J connectivity index is 2.59. The average molecular weight is 144 g/mol. The zero-order chi connectivity index (χ0) is 7.40. The second-order valence-corrected chi connectivity index (χ2v) is 5.94. The van der Waals surface area contributed by atoms with Crippen molar-refractivity contribution in [3.8, 4) is 0 Å². The van der Waals surface area contributed by atoms with Crippen LogP contribution in [0.1, 0.15) is 13.8 Å². The maximum absolute atomic E-state index is 2.30. The van der Waals surface area contributed by atoms with Gasteiger partial charge in [-0.1, -0.05) is 44.2 Å². The van der Waals surface area contributed by atoms with E-state index in [4.69, 9.17) is 0 Å². The highest BCUT2D eigenvalue weighted by molar-refractivity contribution is 6.54. The molecule has 0 bridgehead atoms. The molecule has 1 aromatic carbocycles. The lowest BCUT2D eigenvalue weighted by molar-refractivity contribution is 1.07. The molecule has 1 aromatic rings.